The second kappa shape index (κ2) is 10.1. The normalized spacial score (nSPS) is 18.6. The van der Waals surface area contributed by atoms with Gasteiger partial charge < -0.3 is 23.8 Å². The van der Waals surface area contributed by atoms with Gasteiger partial charge in [-0.2, -0.15) is 0 Å². The third kappa shape index (κ3) is 5.73. The lowest BCUT2D eigenvalue weighted by molar-refractivity contribution is -0.146. The van der Waals surface area contributed by atoms with Crippen molar-refractivity contribution in [1.29, 1.82) is 0 Å². The number of rotatable bonds is 7. The fourth-order valence-corrected chi connectivity index (χ4v) is 3.33. The number of nitrogens with zero attached hydrogens (tertiary/aromatic N) is 1. The Kier molecular flexibility index (Phi) is 7.30. The second-order valence-electron chi connectivity index (χ2n) is 7.27. The molecule has 1 amide bonds. The number of morpholine rings is 1. The smallest absolute Gasteiger partial charge is 0.338 e. The number of carbonyl (C=O) groups excluding carboxylic acids is 2. The van der Waals surface area contributed by atoms with Crippen molar-refractivity contribution in [2.75, 3.05) is 26.8 Å². The molecule has 7 heteroatoms. The van der Waals surface area contributed by atoms with Gasteiger partial charge >= 0.3 is 5.97 Å². The summed E-state index contributed by atoms with van der Waals surface area (Å²) in [6, 6.07) is 14.5. The first-order valence-corrected chi connectivity index (χ1v) is 9.91. The van der Waals surface area contributed by atoms with Crippen molar-refractivity contribution in [3.63, 3.8) is 0 Å². The Hall–Kier alpha value is -3.06. The van der Waals surface area contributed by atoms with Gasteiger partial charge in [0, 0.05) is 13.1 Å². The second-order valence-corrected chi connectivity index (χ2v) is 7.27. The lowest BCUT2D eigenvalue weighted by Crippen LogP contribution is -2.49. The van der Waals surface area contributed by atoms with E-state index in [1.54, 1.807) is 23.1 Å². The molecule has 1 saturated heterocycles. The average Bonchev–Trinajstić information content (AvgIpc) is 2.75. The van der Waals surface area contributed by atoms with Crippen LogP contribution in [0, 0.1) is 0 Å². The number of ether oxygens (including phenoxy) is 4. The topological polar surface area (TPSA) is 74.3 Å². The van der Waals surface area contributed by atoms with Crippen molar-refractivity contribution in [3.8, 4) is 11.5 Å². The van der Waals surface area contributed by atoms with E-state index >= 15 is 0 Å². The van der Waals surface area contributed by atoms with E-state index in [1.165, 1.54) is 7.11 Å². The van der Waals surface area contributed by atoms with E-state index in [1.807, 2.05) is 44.2 Å². The minimum Gasteiger partial charge on any atom is -0.493 e. The standard InChI is InChI=1S/C23H27NO6/c1-16-12-24(13-17(2)30-16)22(25)15-29-23(26)19-9-10-20(21(11-19)27-3)28-14-18-7-5-4-6-8-18/h4-11,16-17H,12-15H2,1-3H3/t16-,17-/m0/s1. The lowest BCUT2D eigenvalue weighted by Gasteiger charge is -2.35. The molecule has 2 atom stereocenters. The maximum atomic E-state index is 12.4. The van der Waals surface area contributed by atoms with Gasteiger partial charge in [0.25, 0.3) is 5.91 Å². The fraction of sp³-hybridized carbons (Fsp3) is 0.391. The van der Waals surface area contributed by atoms with E-state index in [-0.39, 0.29) is 30.3 Å². The highest BCUT2D eigenvalue weighted by atomic mass is 16.5. The SMILES string of the molecule is COc1cc(C(=O)OCC(=O)N2C[C@H](C)O[C@@H](C)C2)ccc1OCc1ccccc1. The van der Waals surface area contributed by atoms with Gasteiger partial charge in [0.15, 0.2) is 18.1 Å². The van der Waals surface area contributed by atoms with Gasteiger partial charge in [-0.05, 0) is 37.6 Å². The summed E-state index contributed by atoms with van der Waals surface area (Å²) >= 11 is 0. The minimum absolute atomic E-state index is 0.0407. The van der Waals surface area contributed by atoms with E-state index in [9.17, 15) is 9.59 Å². The third-order valence-corrected chi connectivity index (χ3v) is 4.74. The van der Waals surface area contributed by atoms with Crippen LogP contribution in [0.25, 0.3) is 0 Å². The Morgan fingerprint density at radius 1 is 1.03 bits per heavy atom. The van der Waals surface area contributed by atoms with Crippen LogP contribution in [0.4, 0.5) is 0 Å². The molecule has 1 fully saturated rings. The van der Waals surface area contributed by atoms with E-state index < -0.39 is 5.97 Å². The van der Waals surface area contributed by atoms with Crippen LogP contribution in [0.15, 0.2) is 48.5 Å². The maximum absolute atomic E-state index is 12.4. The highest BCUT2D eigenvalue weighted by molar-refractivity contribution is 5.92. The minimum atomic E-state index is -0.592. The van der Waals surface area contributed by atoms with E-state index in [0.717, 1.165) is 5.56 Å². The van der Waals surface area contributed by atoms with Gasteiger partial charge in [-0.25, -0.2) is 4.79 Å². The summed E-state index contributed by atoms with van der Waals surface area (Å²) in [5, 5.41) is 0. The van der Waals surface area contributed by atoms with Crippen LogP contribution in [0.3, 0.4) is 0 Å². The van der Waals surface area contributed by atoms with Crippen molar-refractivity contribution in [1.82, 2.24) is 4.90 Å². The van der Waals surface area contributed by atoms with Crippen LogP contribution in [-0.2, 0) is 20.9 Å². The monoisotopic (exact) mass is 413 g/mol. The summed E-state index contributed by atoms with van der Waals surface area (Å²) < 4.78 is 22.0. The summed E-state index contributed by atoms with van der Waals surface area (Å²) in [5.41, 5.74) is 1.31. The first-order chi connectivity index (χ1) is 14.5. The number of hydrogen-bond donors (Lipinski definition) is 0. The molecule has 0 N–H and O–H groups in total. The van der Waals surface area contributed by atoms with Gasteiger partial charge in [0.1, 0.15) is 6.61 Å². The molecule has 1 heterocycles. The van der Waals surface area contributed by atoms with Crippen molar-refractivity contribution < 1.29 is 28.5 Å². The molecule has 0 saturated carbocycles. The third-order valence-electron chi connectivity index (χ3n) is 4.74. The van der Waals surface area contributed by atoms with Gasteiger partial charge in [-0.3, -0.25) is 4.79 Å². The van der Waals surface area contributed by atoms with Crippen molar-refractivity contribution >= 4 is 11.9 Å². The van der Waals surface area contributed by atoms with Crippen LogP contribution >= 0.6 is 0 Å². The molecule has 1 aliphatic rings. The lowest BCUT2D eigenvalue weighted by atomic mass is 10.2. The molecule has 2 aromatic rings. The molecule has 160 valence electrons. The molecule has 7 nitrogen and oxygen atoms in total. The molecular weight excluding hydrogens is 386 g/mol. The Labute approximate surface area is 176 Å². The predicted molar refractivity (Wildman–Crippen MR) is 111 cm³/mol. The van der Waals surface area contributed by atoms with Crippen LogP contribution in [-0.4, -0.2) is 55.8 Å². The largest absolute Gasteiger partial charge is 0.493 e. The Balaban J connectivity index is 1.57. The number of methoxy groups -OCH3 is 1. The molecule has 0 unspecified atom stereocenters. The van der Waals surface area contributed by atoms with E-state index in [2.05, 4.69) is 0 Å². The van der Waals surface area contributed by atoms with Crippen molar-refractivity contribution in [2.24, 2.45) is 0 Å². The summed E-state index contributed by atoms with van der Waals surface area (Å²) in [6.45, 7) is 4.87. The molecule has 0 aromatic heterocycles. The average molecular weight is 413 g/mol. The molecule has 1 aliphatic heterocycles. The molecule has 3 rings (SSSR count). The van der Waals surface area contributed by atoms with Gasteiger partial charge in [-0.15, -0.1) is 0 Å². The van der Waals surface area contributed by atoms with Gasteiger partial charge in [0.2, 0.25) is 0 Å². The molecule has 30 heavy (non-hydrogen) atoms. The van der Waals surface area contributed by atoms with Gasteiger partial charge in [-0.1, -0.05) is 30.3 Å². The summed E-state index contributed by atoms with van der Waals surface area (Å²) in [6.07, 6.45) is -0.0813. The summed E-state index contributed by atoms with van der Waals surface area (Å²) in [7, 11) is 1.50. The predicted octanol–water partition coefficient (Wildman–Crippen LogP) is 3.07. The number of carbonyl (C=O) groups is 2. The maximum Gasteiger partial charge on any atom is 0.338 e. The summed E-state index contributed by atoms with van der Waals surface area (Å²) in [4.78, 5) is 26.4. The van der Waals surface area contributed by atoms with Crippen molar-refractivity contribution in [2.45, 2.75) is 32.7 Å². The van der Waals surface area contributed by atoms with Crippen LogP contribution in [0.2, 0.25) is 0 Å². The molecule has 0 bridgehead atoms. The number of esters is 1. The highest BCUT2D eigenvalue weighted by Crippen LogP contribution is 2.29. The zero-order chi connectivity index (χ0) is 21.5. The van der Waals surface area contributed by atoms with Crippen LogP contribution < -0.4 is 9.47 Å². The zero-order valence-corrected chi connectivity index (χ0v) is 17.5. The van der Waals surface area contributed by atoms with Gasteiger partial charge in [0.05, 0.1) is 24.9 Å². The fourth-order valence-electron chi connectivity index (χ4n) is 3.33. The molecule has 0 aliphatic carbocycles. The van der Waals surface area contributed by atoms with Crippen LogP contribution in [0.5, 0.6) is 11.5 Å². The van der Waals surface area contributed by atoms with E-state index in [0.29, 0.717) is 31.2 Å². The molecule has 0 spiro atoms. The summed E-state index contributed by atoms with van der Waals surface area (Å²) in [5.74, 6) is 0.110. The zero-order valence-electron chi connectivity index (χ0n) is 17.5. The number of hydrogen-bond acceptors (Lipinski definition) is 6. The highest BCUT2D eigenvalue weighted by Gasteiger charge is 2.26. The number of benzene rings is 2. The number of amides is 1. The quantitative estimate of drug-likeness (QED) is 0.650. The van der Waals surface area contributed by atoms with E-state index in [4.69, 9.17) is 18.9 Å². The molecule has 2 aromatic carbocycles. The molecule has 0 radical (unpaired) electrons. The Morgan fingerprint density at radius 2 is 1.73 bits per heavy atom. The molecular formula is C23H27NO6. The first-order valence-electron chi connectivity index (χ1n) is 9.91. The Bertz CT molecular complexity index is 859. The van der Waals surface area contributed by atoms with Crippen LogP contribution in [0.1, 0.15) is 29.8 Å². The first kappa shape index (κ1) is 21.6. The Morgan fingerprint density at radius 3 is 2.40 bits per heavy atom. The van der Waals surface area contributed by atoms with Crippen molar-refractivity contribution in [3.05, 3.63) is 59.7 Å².